The molecule has 4 nitrogen and oxygen atoms in total. The second-order valence-electron chi connectivity index (χ2n) is 16.7. The summed E-state index contributed by atoms with van der Waals surface area (Å²) in [6.07, 6.45) is 0. The summed E-state index contributed by atoms with van der Waals surface area (Å²) < 4.78 is 4.67. The molecular weight excluding hydrogens is 741 g/mol. The molecule has 0 spiro atoms. The smallest absolute Gasteiger partial charge is 0.111 e. The Morgan fingerprint density at radius 2 is 0.852 bits per heavy atom. The van der Waals surface area contributed by atoms with Crippen LogP contribution in [-0.2, 0) is 5.41 Å². The van der Waals surface area contributed by atoms with E-state index in [0.717, 1.165) is 55.9 Å². The van der Waals surface area contributed by atoms with E-state index in [-0.39, 0.29) is 0 Å². The summed E-state index contributed by atoms with van der Waals surface area (Å²) >= 11 is 0. The third-order valence-corrected chi connectivity index (χ3v) is 13.2. The van der Waals surface area contributed by atoms with Crippen LogP contribution in [0.5, 0.6) is 0 Å². The number of nitrogens with zero attached hydrogens (tertiary/aromatic N) is 4. The number of rotatable bonds is 5. The number of hydrogen-bond acceptors (Lipinski definition) is 2. The van der Waals surface area contributed by atoms with Gasteiger partial charge >= 0.3 is 0 Å². The van der Waals surface area contributed by atoms with E-state index in [1.807, 2.05) is 0 Å². The van der Waals surface area contributed by atoms with E-state index < -0.39 is 5.41 Å². The lowest BCUT2D eigenvalue weighted by Gasteiger charge is -2.36. The van der Waals surface area contributed by atoms with E-state index >= 15 is 0 Å². The normalized spacial score (nSPS) is 13.0. The lowest BCUT2D eigenvalue weighted by atomic mass is 9.65. The maximum atomic E-state index is 5.06. The van der Waals surface area contributed by atoms with Gasteiger partial charge < -0.3 is 0 Å². The van der Waals surface area contributed by atoms with Crippen molar-refractivity contribution in [3.63, 3.8) is 0 Å². The SMILES string of the molecule is Cc1ccc(C2(c3ccc(C)cc3)c3ccccc3-c3cccc(-c4c5cccc(-n6c(C)nc7ccccc76)c5cc5c(-n6c(C)nc7ccccc76)cccc45)c32)cc1. The van der Waals surface area contributed by atoms with Crippen molar-refractivity contribution >= 4 is 43.6 Å². The van der Waals surface area contributed by atoms with Gasteiger partial charge in [-0.05, 0) is 125 Å². The quantitative estimate of drug-likeness (QED) is 0.163. The van der Waals surface area contributed by atoms with E-state index in [4.69, 9.17) is 9.97 Å². The van der Waals surface area contributed by atoms with Gasteiger partial charge in [-0.2, -0.15) is 0 Å². The van der Waals surface area contributed by atoms with Gasteiger partial charge in [0.1, 0.15) is 11.6 Å². The molecule has 2 heterocycles. The van der Waals surface area contributed by atoms with Crippen LogP contribution in [0.1, 0.15) is 45.0 Å². The summed E-state index contributed by atoms with van der Waals surface area (Å²) in [5.74, 6) is 1.91. The van der Waals surface area contributed by atoms with Gasteiger partial charge in [-0.25, -0.2) is 9.97 Å². The van der Waals surface area contributed by atoms with Crippen molar-refractivity contribution < 1.29 is 0 Å². The molecule has 61 heavy (non-hydrogen) atoms. The van der Waals surface area contributed by atoms with Gasteiger partial charge in [0.15, 0.2) is 0 Å². The Kier molecular flexibility index (Phi) is 7.67. The van der Waals surface area contributed by atoms with Crippen LogP contribution in [0.3, 0.4) is 0 Å². The first kappa shape index (κ1) is 35.4. The minimum Gasteiger partial charge on any atom is -0.296 e. The molecule has 4 heteroatoms. The molecule has 1 aliphatic rings. The van der Waals surface area contributed by atoms with E-state index in [9.17, 15) is 0 Å². The van der Waals surface area contributed by atoms with Crippen molar-refractivity contribution in [2.75, 3.05) is 0 Å². The predicted octanol–water partition coefficient (Wildman–Crippen LogP) is 13.9. The fraction of sp³-hybridized carbons (Fsp3) is 0.0877. The first-order valence-corrected chi connectivity index (χ1v) is 21.2. The predicted molar refractivity (Wildman–Crippen MR) is 252 cm³/mol. The summed E-state index contributed by atoms with van der Waals surface area (Å²) in [6.45, 7) is 8.59. The van der Waals surface area contributed by atoms with Crippen molar-refractivity contribution in [2.24, 2.45) is 0 Å². The van der Waals surface area contributed by atoms with Crippen LogP contribution < -0.4 is 0 Å². The summed E-state index contributed by atoms with van der Waals surface area (Å²) in [6, 6.07) is 67.6. The lowest BCUT2D eigenvalue weighted by molar-refractivity contribution is 0.769. The number of aromatic nitrogens is 4. The van der Waals surface area contributed by atoms with Crippen molar-refractivity contribution in [1.29, 1.82) is 0 Å². The van der Waals surface area contributed by atoms with Gasteiger partial charge in [0.05, 0.1) is 38.9 Å². The van der Waals surface area contributed by atoms with E-state index in [2.05, 4.69) is 219 Å². The first-order chi connectivity index (χ1) is 29.9. The minimum atomic E-state index is -0.595. The molecule has 0 atom stereocenters. The third kappa shape index (κ3) is 4.99. The maximum Gasteiger partial charge on any atom is 0.111 e. The molecule has 0 saturated heterocycles. The van der Waals surface area contributed by atoms with Crippen LogP contribution in [0.2, 0.25) is 0 Å². The highest BCUT2D eigenvalue weighted by Crippen LogP contribution is 2.60. The molecular formula is C57H42N4. The van der Waals surface area contributed by atoms with E-state index in [1.54, 1.807) is 0 Å². The second-order valence-corrected chi connectivity index (χ2v) is 16.7. The molecule has 0 aliphatic heterocycles. The van der Waals surface area contributed by atoms with Gasteiger partial charge in [0, 0.05) is 10.8 Å². The molecule has 0 radical (unpaired) electrons. The first-order valence-electron chi connectivity index (χ1n) is 21.2. The zero-order valence-corrected chi connectivity index (χ0v) is 34.6. The average Bonchev–Trinajstić information content (AvgIpc) is 3.92. The average molecular weight is 783 g/mol. The fourth-order valence-electron chi connectivity index (χ4n) is 10.7. The van der Waals surface area contributed by atoms with Gasteiger partial charge in [0.2, 0.25) is 0 Å². The van der Waals surface area contributed by atoms with Gasteiger partial charge in [-0.15, -0.1) is 0 Å². The number of benzene rings is 9. The Balaban J connectivity index is 1.28. The number of aryl methyl sites for hydroxylation is 4. The van der Waals surface area contributed by atoms with Crippen LogP contribution in [0.25, 0.3) is 77.2 Å². The van der Waals surface area contributed by atoms with Gasteiger partial charge in [-0.1, -0.05) is 151 Å². The van der Waals surface area contributed by atoms with Crippen molar-refractivity contribution in [1.82, 2.24) is 19.1 Å². The van der Waals surface area contributed by atoms with Crippen LogP contribution in [0.4, 0.5) is 0 Å². The molecule has 9 aromatic carbocycles. The largest absolute Gasteiger partial charge is 0.296 e. The van der Waals surface area contributed by atoms with E-state index in [0.29, 0.717) is 0 Å². The third-order valence-electron chi connectivity index (χ3n) is 13.2. The molecule has 11 aromatic rings. The lowest BCUT2D eigenvalue weighted by Crippen LogP contribution is -2.29. The van der Waals surface area contributed by atoms with E-state index in [1.165, 1.54) is 66.4 Å². The second kappa shape index (κ2) is 13.2. The van der Waals surface area contributed by atoms with Crippen molar-refractivity contribution in [3.8, 4) is 33.6 Å². The van der Waals surface area contributed by atoms with Crippen LogP contribution in [0, 0.1) is 27.7 Å². The summed E-state index contributed by atoms with van der Waals surface area (Å²) in [4.78, 5) is 10.1. The zero-order chi connectivity index (χ0) is 41.0. The monoisotopic (exact) mass is 782 g/mol. The van der Waals surface area contributed by atoms with Crippen LogP contribution >= 0.6 is 0 Å². The molecule has 0 saturated carbocycles. The Bertz CT molecular complexity index is 3380. The van der Waals surface area contributed by atoms with Crippen LogP contribution in [0.15, 0.2) is 182 Å². The Morgan fingerprint density at radius 3 is 1.41 bits per heavy atom. The molecule has 2 aromatic heterocycles. The Hall–Kier alpha value is -7.56. The highest BCUT2D eigenvalue weighted by atomic mass is 15.1. The number of imidazole rings is 2. The highest BCUT2D eigenvalue weighted by Gasteiger charge is 2.48. The minimum absolute atomic E-state index is 0.595. The molecule has 1 aliphatic carbocycles. The highest BCUT2D eigenvalue weighted by molar-refractivity contribution is 6.18. The Morgan fingerprint density at radius 1 is 0.393 bits per heavy atom. The molecule has 290 valence electrons. The molecule has 0 amide bonds. The molecule has 0 N–H and O–H groups in total. The molecule has 0 fully saturated rings. The maximum absolute atomic E-state index is 5.06. The molecule has 0 unspecified atom stereocenters. The van der Waals surface area contributed by atoms with Crippen molar-refractivity contribution in [3.05, 3.63) is 227 Å². The molecule has 0 bridgehead atoms. The van der Waals surface area contributed by atoms with Gasteiger partial charge in [0.25, 0.3) is 0 Å². The van der Waals surface area contributed by atoms with Gasteiger partial charge in [-0.3, -0.25) is 9.13 Å². The molecule has 12 rings (SSSR count). The van der Waals surface area contributed by atoms with Crippen molar-refractivity contribution in [2.45, 2.75) is 33.1 Å². The number of hydrogen-bond donors (Lipinski definition) is 0. The Labute approximate surface area is 355 Å². The topological polar surface area (TPSA) is 35.6 Å². The zero-order valence-electron chi connectivity index (χ0n) is 34.6. The summed E-state index contributed by atoms with van der Waals surface area (Å²) in [5.41, 5.74) is 18.3. The standard InChI is InChI=1S/C57H42N4/c1-35-26-30-39(31-27-35)57(40-32-28-36(2)29-33-40)48-19-6-5-14-41(48)44-17-11-18-45(56(44)57)55-42-15-12-24-51(60-37(3)58-49-20-7-9-22-53(49)60)46(42)34-47-43(55)16-13-25-52(47)61-38(4)59-50-21-8-10-23-54(50)61/h5-34H,1-4H3. The fourth-order valence-corrected chi connectivity index (χ4v) is 10.7. The number of fused-ring (bicyclic) bond motifs is 7. The summed E-state index contributed by atoms with van der Waals surface area (Å²) in [5, 5.41) is 4.71. The number of para-hydroxylation sites is 4. The summed E-state index contributed by atoms with van der Waals surface area (Å²) in [7, 11) is 0. The van der Waals surface area contributed by atoms with Crippen LogP contribution in [-0.4, -0.2) is 19.1 Å².